The summed E-state index contributed by atoms with van der Waals surface area (Å²) in [6, 6.07) is 3.44. The monoisotopic (exact) mass is 225 g/mol. The van der Waals surface area contributed by atoms with Gasteiger partial charge in [0.1, 0.15) is 11.9 Å². The number of pyridine rings is 1. The first kappa shape index (κ1) is 10.2. The molecule has 1 fully saturated rings. The summed E-state index contributed by atoms with van der Waals surface area (Å²) >= 11 is 5.76. The van der Waals surface area contributed by atoms with Crippen molar-refractivity contribution >= 4 is 23.3 Å². The highest BCUT2D eigenvalue weighted by atomic mass is 35.5. The van der Waals surface area contributed by atoms with E-state index < -0.39 is 0 Å². The van der Waals surface area contributed by atoms with Crippen LogP contribution in [0.1, 0.15) is 6.92 Å². The van der Waals surface area contributed by atoms with E-state index in [1.165, 1.54) is 0 Å². The fourth-order valence-electron chi connectivity index (χ4n) is 1.63. The van der Waals surface area contributed by atoms with E-state index in [0.717, 1.165) is 12.4 Å². The molecule has 2 heterocycles. The number of aromatic nitrogens is 1. The van der Waals surface area contributed by atoms with Gasteiger partial charge < -0.3 is 10.2 Å². The van der Waals surface area contributed by atoms with E-state index in [1.807, 2.05) is 17.9 Å². The highest BCUT2D eigenvalue weighted by molar-refractivity contribution is 6.30. The maximum atomic E-state index is 11.4. The molecule has 0 bridgehead atoms. The van der Waals surface area contributed by atoms with Gasteiger partial charge >= 0.3 is 0 Å². The summed E-state index contributed by atoms with van der Waals surface area (Å²) in [7, 11) is 0. The van der Waals surface area contributed by atoms with Crippen LogP contribution in [0.2, 0.25) is 5.02 Å². The molecule has 1 aliphatic heterocycles. The second-order valence-electron chi connectivity index (χ2n) is 3.50. The molecule has 1 aromatic heterocycles. The van der Waals surface area contributed by atoms with Crippen molar-refractivity contribution in [1.29, 1.82) is 0 Å². The maximum Gasteiger partial charge on any atom is 0.242 e. The lowest BCUT2D eigenvalue weighted by atomic mass is 10.2. The average Bonchev–Trinajstić information content (AvgIpc) is 2.24. The quantitative estimate of drug-likeness (QED) is 0.778. The molecule has 1 amide bonds. The first-order chi connectivity index (χ1) is 7.18. The molecule has 4 nitrogen and oxygen atoms in total. The number of rotatable bonds is 1. The minimum absolute atomic E-state index is 0.0398. The summed E-state index contributed by atoms with van der Waals surface area (Å²) in [4.78, 5) is 17.6. The number of piperazine rings is 1. The Morgan fingerprint density at radius 3 is 3.07 bits per heavy atom. The number of halogens is 1. The summed E-state index contributed by atoms with van der Waals surface area (Å²) in [6.45, 7) is 3.31. The van der Waals surface area contributed by atoms with Crippen molar-refractivity contribution in [2.75, 3.05) is 18.0 Å². The van der Waals surface area contributed by atoms with E-state index in [-0.39, 0.29) is 11.9 Å². The summed E-state index contributed by atoms with van der Waals surface area (Å²) in [5, 5.41) is 3.41. The van der Waals surface area contributed by atoms with Crippen LogP contribution in [0.4, 0.5) is 5.82 Å². The second-order valence-corrected chi connectivity index (χ2v) is 3.93. The van der Waals surface area contributed by atoms with Crippen LogP contribution in [-0.4, -0.2) is 30.0 Å². The molecule has 0 radical (unpaired) electrons. The van der Waals surface area contributed by atoms with Crippen LogP contribution in [0.25, 0.3) is 0 Å². The molecule has 1 saturated heterocycles. The van der Waals surface area contributed by atoms with E-state index in [2.05, 4.69) is 10.3 Å². The minimum Gasteiger partial charge on any atom is -0.353 e. The molecule has 0 spiro atoms. The molecule has 5 heteroatoms. The minimum atomic E-state index is -0.174. The van der Waals surface area contributed by atoms with Crippen molar-refractivity contribution < 1.29 is 4.79 Å². The Labute approximate surface area is 93.2 Å². The van der Waals surface area contributed by atoms with Crippen LogP contribution in [0.3, 0.4) is 0 Å². The molecular weight excluding hydrogens is 214 g/mol. The SMILES string of the molecule is CC1C(=O)NCCN1c1ccc(Cl)cn1. The highest BCUT2D eigenvalue weighted by Crippen LogP contribution is 2.17. The van der Waals surface area contributed by atoms with Gasteiger partial charge in [-0.3, -0.25) is 4.79 Å². The number of nitrogens with zero attached hydrogens (tertiary/aromatic N) is 2. The van der Waals surface area contributed by atoms with E-state index in [0.29, 0.717) is 11.6 Å². The van der Waals surface area contributed by atoms with Gasteiger partial charge in [-0.1, -0.05) is 11.6 Å². The van der Waals surface area contributed by atoms with Crippen LogP contribution < -0.4 is 10.2 Å². The third-order valence-corrected chi connectivity index (χ3v) is 2.73. The summed E-state index contributed by atoms with van der Waals surface area (Å²) in [5.74, 6) is 0.833. The van der Waals surface area contributed by atoms with Crippen molar-refractivity contribution in [3.05, 3.63) is 23.4 Å². The lowest BCUT2D eigenvalue weighted by Crippen LogP contribution is -2.54. The Hall–Kier alpha value is -1.29. The number of hydrogen-bond acceptors (Lipinski definition) is 3. The van der Waals surface area contributed by atoms with Crippen LogP contribution in [0.5, 0.6) is 0 Å². The number of carbonyl (C=O) groups is 1. The molecular formula is C10H12ClN3O. The van der Waals surface area contributed by atoms with Crippen molar-refractivity contribution in [3.63, 3.8) is 0 Å². The second kappa shape index (κ2) is 4.06. The Balaban J connectivity index is 2.22. The number of anilines is 1. The predicted molar refractivity (Wildman–Crippen MR) is 59.1 cm³/mol. The third-order valence-electron chi connectivity index (χ3n) is 2.50. The highest BCUT2D eigenvalue weighted by Gasteiger charge is 2.25. The Bertz CT molecular complexity index is 365. The van der Waals surface area contributed by atoms with Crippen molar-refractivity contribution in [3.8, 4) is 0 Å². The van der Waals surface area contributed by atoms with Crippen LogP contribution in [0, 0.1) is 0 Å². The van der Waals surface area contributed by atoms with Gasteiger partial charge in [0.15, 0.2) is 0 Å². The molecule has 0 aromatic carbocycles. The summed E-state index contributed by atoms with van der Waals surface area (Å²) < 4.78 is 0. The number of nitrogens with one attached hydrogen (secondary N) is 1. The van der Waals surface area contributed by atoms with Gasteiger partial charge in [0.25, 0.3) is 0 Å². The smallest absolute Gasteiger partial charge is 0.242 e. The average molecular weight is 226 g/mol. The molecule has 80 valence electrons. The molecule has 0 saturated carbocycles. The summed E-state index contributed by atoms with van der Waals surface area (Å²) in [6.07, 6.45) is 1.59. The largest absolute Gasteiger partial charge is 0.353 e. The third kappa shape index (κ3) is 2.04. The van der Waals surface area contributed by atoms with Crippen molar-refractivity contribution in [2.45, 2.75) is 13.0 Å². The van der Waals surface area contributed by atoms with Gasteiger partial charge in [-0.05, 0) is 19.1 Å². The molecule has 15 heavy (non-hydrogen) atoms. The van der Waals surface area contributed by atoms with Gasteiger partial charge in [-0.15, -0.1) is 0 Å². The first-order valence-electron chi connectivity index (χ1n) is 4.84. The first-order valence-corrected chi connectivity index (χ1v) is 5.22. The molecule has 1 unspecified atom stereocenters. The zero-order valence-corrected chi connectivity index (χ0v) is 9.16. The number of hydrogen-bond donors (Lipinski definition) is 1. The van der Waals surface area contributed by atoms with E-state index in [4.69, 9.17) is 11.6 Å². The van der Waals surface area contributed by atoms with Gasteiger partial charge in [-0.2, -0.15) is 0 Å². The number of amides is 1. The topological polar surface area (TPSA) is 45.2 Å². The molecule has 1 aliphatic rings. The Morgan fingerprint density at radius 1 is 1.60 bits per heavy atom. The standard InChI is InChI=1S/C10H12ClN3O/c1-7-10(15)12-4-5-14(7)9-3-2-8(11)6-13-9/h2-3,6-7H,4-5H2,1H3,(H,12,15). The van der Waals surface area contributed by atoms with Gasteiger partial charge in [-0.25, -0.2) is 4.98 Å². The molecule has 0 aliphatic carbocycles. The lowest BCUT2D eigenvalue weighted by Gasteiger charge is -2.33. The molecule has 1 N–H and O–H groups in total. The number of carbonyl (C=O) groups excluding carboxylic acids is 1. The fraction of sp³-hybridized carbons (Fsp3) is 0.400. The zero-order chi connectivity index (χ0) is 10.8. The van der Waals surface area contributed by atoms with Gasteiger partial charge in [0, 0.05) is 19.3 Å². The van der Waals surface area contributed by atoms with E-state index >= 15 is 0 Å². The van der Waals surface area contributed by atoms with Crippen LogP contribution in [0.15, 0.2) is 18.3 Å². The maximum absolute atomic E-state index is 11.4. The fourth-order valence-corrected chi connectivity index (χ4v) is 1.75. The van der Waals surface area contributed by atoms with Crippen molar-refractivity contribution in [2.24, 2.45) is 0 Å². The van der Waals surface area contributed by atoms with Gasteiger partial charge in [0.2, 0.25) is 5.91 Å². The summed E-state index contributed by atoms with van der Waals surface area (Å²) in [5.41, 5.74) is 0. The lowest BCUT2D eigenvalue weighted by molar-refractivity contribution is -0.122. The van der Waals surface area contributed by atoms with Crippen LogP contribution >= 0.6 is 11.6 Å². The Kier molecular flexibility index (Phi) is 2.77. The van der Waals surface area contributed by atoms with E-state index in [9.17, 15) is 4.79 Å². The van der Waals surface area contributed by atoms with Crippen LogP contribution in [-0.2, 0) is 4.79 Å². The predicted octanol–water partition coefficient (Wildman–Crippen LogP) is 1.06. The van der Waals surface area contributed by atoms with Gasteiger partial charge in [0.05, 0.1) is 5.02 Å². The molecule has 1 atom stereocenters. The van der Waals surface area contributed by atoms with Crippen molar-refractivity contribution in [1.82, 2.24) is 10.3 Å². The molecule has 1 aromatic rings. The normalized spacial score (nSPS) is 21.3. The van der Waals surface area contributed by atoms with E-state index in [1.54, 1.807) is 12.3 Å². The Morgan fingerprint density at radius 2 is 2.40 bits per heavy atom. The zero-order valence-electron chi connectivity index (χ0n) is 8.40. The molecule has 2 rings (SSSR count).